The molecule has 0 heterocycles. The number of alkyl carbamates (subject to hydrolysis) is 1. The third-order valence-electron chi connectivity index (χ3n) is 6.27. The lowest BCUT2D eigenvalue weighted by Gasteiger charge is -2.26. The van der Waals surface area contributed by atoms with Crippen molar-refractivity contribution in [2.24, 2.45) is 0 Å². The number of hydrogen-bond acceptors (Lipinski definition) is 10. The summed E-state index contributed by atoms with van der Waals surface area (Å²) in [5, 5.41) is 13.6. The molecule has 46 heavy (non-hydrogen) atoms. The third kappa shape index (κ3) is 13.9. The van der Waals surface area contributed by atoms with Gasteiger partial charge in [0.05, 0.1) is 9.82 Å². The molecule has 0 unspecified atom stereocenters. The number of nitro groups is 1. The maximum Gasteiger partial charge on any atom is 0.408 e. The normalized spacial score (nSPS) is 12.7. The van der Waals surface area contributed by atoms with Gasteiger partial charge in [0.1, 0.15) is 30.4 Å². The Bertz CT molecular complexity index is 1420. The molecule has 0 aromatic heterocycles. The molecule has 2 aromatic carbocycles. The van der Waals surface area contributed by atoms with Crippen LogP contribution in [0.4, 0.5) is 10.5 Å². The number of hydrogen-bond donors (Lipinski definition) is 1. The number of nitrogens with zero attached hydrogens (tertiary/aromatic N) is 2. The molecule has 1 amide bonds. The number of ether oxygens (including phenoxy) is 3. The summed E-state index contributed by atoms with van der Waals surface area (Å²) in [6.45, 7) is 9.71. The highest BCUT2D eigenvalue weighted by Gasteiger charge is 2.29. The Morgan fingerprint density at radius 3 is 2.02 bits per heavy atom. The van der Waals surface area contributed by atoms with E-state index in [1.807, 2.05) is 6.07 Å². The number of unbranched alkanes of at least 4 members (excludes halogenated alkanes) is 3. The molecule has 13 nitrogen and oxygen atoms in total. The van der Waals surface area contributed by atoms with Crippen molar-refractivity contribution in [3.8, 4) is 0 Å². The second-order valence-electron chi connectivity index (χ2n) is 12.7. The van der Waals surface area contributed by atoms with Crippen LogP contribution in [0.15, 0.2) is 59.5 Å². The van der Waals surface area contributed by atoms with E-state index in [1.165, 1.54) is 0 Å². The highest BCUT2D eigenvalue weighted by molar-refractivity contribution is 7.89. The lowest BCUT2D eigenvalue weighted by Crippen LogP contribution is -2.46. The predicted octanol–water partition coefficient (Wildman–Crippen LogP) is 5.51. The fourth-order valence-corrected chi connectivity index (χ4v) is 5.59. The van der Waals surface area contributed by atoms with Crippen LogP contribution < -0.4 is 5.32 Å². The van der Waals surface area contributed by atoms with Gasteiger partial charge in [0.25, 0.3) is 5.69 Å². The van der Waals surface area contributed by atoms with Crippen molar-refractivity contribution in [1.29, 1.82) is 0 Å². The summed E-state index contributed by atoms with van der Waals surface area (Å²) in [6.07, 6.45) is 1.53. The predicted molar refractivity (Wildman–Crippen MR) is 170 cm³/mol. The first-order chi connectivity index (χ1) is 21.4. The first kappa shape index (κ1) is 38.1. The number of amides is 1. The summed E-state index contributed by atoms with van der Waals surface area (Å²) in [6, 6.07) is 12.4. The van der Waals surface area contributed by atoms with Crippen molar-refractivity contribution in [2.45, 2.75) is 102 Å². The highest BCUT2D eigenvalue weighted by atomic mass is 32.2. The molecule has 0 radical (unpaired) electrons. The van der Waals surface area contributed by atoms with Crippen molar-refractivity contribution in [2.75, 3.05) is 13.1 Å². The lowest BCUT2D eigenvalue weighted by molar-refractivity contribution is -0.384. The van der Waals surface area contributed by atoms with Gasteiger partial charge in [0, 0.05) is 18.7 Å². The van der Waals surface area contributed by atoms with Crippen molar-refractivity contribution in [3.63, 3.8) is 0 Å². The topological polar surface area (TPSA) is 171 Å². The number of carbonyl (C=O) groups is 3. The minimum Gasteiger partial charge on any atom is -0.460 e. The number of benzene rings is 2. The smallest absolute Gasteiger partial charge is 0.408 e. The third-order valence-corrected chi connectivity index (χ3v) is 8.13. The number of sulfonamides is 1. The van der Waals surface area contributed by atoms with Crippen LogP contribution in [-0.4, -0.2) is 66.0 Å². The molecule has 0 saturated heterocycles. The van der Waals surface area contributed by atoms with Crippen LogP contribution >= 0.6 is 0 Å². The maximum atomic E-state index is 13.5. The largest absolute Gasteiger partial charge is 0.460 e. The van der Waals surface area contributed by atoms with E-state index in [2.05, 4.69) is 5.32 Å². The van der Waals surface area contributed by atoms with E-state index in [4.69, 9.17) is 14.2 Å². The van der Waals surface area contributed by atoms with Crippen LogP contribution in [0.3, 0.4) is 0 Å². The Kier molecular flexibility index (Phi) is 14.1. The second kappa shape index (κ2) is 17.0. The molecular weight excluding hydrogens is 618 g/mol. The van der Waals surface area contributed by atoms with Gasteiger partial charge in [-0.05, 0) is 72.1 Å². The molecule has 1 atom stereocenters. The van der Waals surface area contributed by atoms with Gasteiger partial charge >= 0.3 is 18.0 Å². The monoisotopic (exact) mass is 663 g/mol. The minimum absolute atomic E-state index is 0.0224. The minimum atomic E-state index is -4.20. The van der Waals surface area contributed by atoms with Crippen molar-refractivity contribution < 1.29 is 41.9 Å². The molecule has 1 N–H and O–H groups in total. The van der Waals surface area contributed by atoms with Crippen LogP contribution in [0.5, 0.6) is 0 Å². The second-order valence-corrected chi connectivity index (χ2v) is 14.6. The first-order valence-corrected chi connectivity index (χ1v) is 16.5. The molecule has 0 aliphatic carbocycles. The summed E-state index contributed by atoms with van der Waals surface area (Å²) >= 11 is 0. The molecule has 0 fully saturated rings. The lowest BCUT2D eigenvalue weighted by atomic mass is 10.1. The molecule has 0 saturated carbocycles. The quantitative estimate of drug-likeness (QED) is 0.0793. The van der Waals surface area contributed by atoms with E-state index in [0.29, 0.717) is 25.7 Å². The molecule has 2 aromatic rings. The van der Waals surface area contributed by atoms with Crippen LogP contribution in [0, 0.1) is 10.1 Å². The fourth-order valence-electron chi connectivity index (χ4n) is 4.16. The molecule has 0 aliphatic rings. The standard InChI is InChI=1S/C32H45N3O10S/c1-31(2,3)44-29(37)27(33-30(38)45-32(4,5)6)16-12-7-8-13-21-34(22-28(36)43-23-24-14-10-9-11-15-24)46(41,42)26-19-17-25(18-20-26)35(39)40/h9-11,14-15,17-20,27H,7-8,12-13,16,21-23H2,1-6H3,(H,33,38)/t27-/m0/s1. The van der Waals surface area contributed by atoms with Crippen molar-refractivity contribution in [3.05, 3.63) is 70.3 Å². The summed E-state index contributed by atoms with van der Waals surface area (Å²) < 4.78 is 44.0. The summed E-state index contributed by atoms with van der Waals surface area (Å²) in [7, 11) is -4.20. The average molecular weight is 664 g/mol. The van der Waals surface area contributed by atoms with Gasteiger partial charge < -0.3 is 19.5 Å². The van der Waals surface area contributed by atoms with Crippen LogP contribution in [0.1, 0.15) is 79.2 Å². The number of nitro benzene ring substituents is 1. The number of esters is 2. The summed E-state index contributed by atoms with van der Waals surface area (Å²) in [5.41, 5.74) is -1.03. The first-order valence-electron chi connectivity index (χ1n) is 15.0. The molecule has 0 bridgehead atoms. The molecule has 2 rings (SSSR count). The Balaban J connectivity index is 2.04. The number of rotatable bonds is 16. The SMILES string of the molecule is CC(C)(C)OC(=O)N[C@@H](CCCCCCN(CC(=O)OCc1ccccc1)S(=O)(=O)c1ccc([N+](=O)[O-])cc1)C(=O)OC(C)(C)C. The molecular formula is C32H45N3O10S. The molecule has 0 aliphatic heterocycles. The fraction of sp³-hybridized carbons (Fsp3) is 0.531. The van der Waals surface area contributed by atoms with Gasteiger partial charge in [0.2, 0.25) is 10.0 Å². The molecule has 14 heteroatoms. The zero-order valence-electron chi connectivity index (χ0n) is 27.3. The summed E-state index contributed by atoms with van der Waals surface area (Å²) in [5.74, 6) is -1.34. The van der Waals surface area contributed by atoms with Gasteiger partial charge in [-0.15, -0.1) is 0 Å². The van der Waals surface area contributed by atoms with Crippen molar-refractivity contribution in [1.82, 2.24) is 9.62 Å². The Hall–Kier alpha value is -4.04. The molecule has 0 spiro atoms. The Labute approximate surface area is 270 Å². The van der Waals surface area contributed by atoms with Crippen LogP contribution in [-0.2, 0) is 40.4 Å². The maximum absolute atomic E-state index is 13.5. The number of non-ortho nitro benzene ring substituents is 1. The van der Waals surface area contributed by atoms with E-state index >= 15 is 0 Å². The van der Waals surface area contributed by atoms with Crippen LogP contribution in [0.2, 0.25) is 0 Å². The van der Waals surface area contributed by atoms with Gasteiger partial charge in [-0.25, -0.2) is 18.0 Å². The van der Waals surface area contributed by atoms with E-state index in [-0.39, 0.29) is 30.2 Å². The Morgan fingerprint density at radius 2 is 1.46 bits per heavy atom. The van der Waals surface area contributed by atoms with Crippen LogP contribution in [0.25, 0.3) is 0 Å². The zero-order chi connectivity index (χ0) is 34.5. The average Bonchev–Trinajstić information content (AvgIpc) is 2.95. The van der Waals surface area contributed by atoms with E-state index in [1.54, 1.807) is 65.8 Å². The van der Waals surface area contributed by atoms with Gasteiger partial charge in [-0.2, -0.15) is 4.31 Å². The molecule has 254 valence electrons. The highest BCUT2D eigenvalue weighted by Crippen LogP contribution is 2.21. The van der Waals surface area contributed by atoms with E-state index < -0.39 is 56.8 Å². The Morgan fingerprint density at radius 1 is 0.870 bits per heavy atom. The van der Waals surface area contributed by atoms with Gasteiger partial charge in [-0.1, -0.05) is 49.6 Å². The van der Waals surface area contributed by atoms with E-state index in [9.17, 15) is 32.9 Å². The number of carbonyl (C=O) groups excluding carboxylic acids is 3. The zero-order valence-corrected chi connectivity index (χ0v) is 28.1. The van der Waals surface area contributed by atoms with Crippen molar-refractivity contribution >= 4 is 33.7 Å². The van der Waals surface area contributed by atoms with E-state index in [0.717, 1.165) is 34.1 Å². The summed E-state index contributed by atoms with van der Waals surface area (Å²) in [4.78, 5) is 48.0. The van der Waals surface area contributed by atoms with Gasteiger partial charge in [0.15, 0.2) is 0 Å². The number of nitrogens with one attached hydrogen (secondary N) is 1. The van der Waals surface area contributed by atoms with Gasteiger partial charge in [-0.3, -0.25) is 14.9 Å².